The molecule has 3 amide bonds. The summed E-state index contributed by atoms with van der Waals surface area (Å²) < 4.78 is 0. The Kier molecular flexibility index (Phi) is 6.15. The Morgan fingerprint density at radius 3 is 2.59 bits per heavy atom. The number of likely N-dealkylation sites (tertiary alicyclic amines) is 1. The molecule has 1 aromatic carbocycles. The Morgan fingerprint density at radius 2 is 1.97 bits per heavy atom. The number of hydrogen-bond acceptors (Lipinski definition) is 3. The molecule has 0 spiro atoms. The highest BCUT2D eigenvalue weighted by Gasteiger charge is 2.46. The van der Waals surface area contributed by atoms with E-state index >= 15 is 0 Å². The molecule has 1 unspecified atom stereocenters. The average Bonchev–Trinajstić information content (AvgIpc) is 2.86. The molecule has 3 rings (SSSR count). The zero-order valence-corrected chi connectivity index (χ0v) is 17.9. The second kappa shape index (κ2) is 8.43. The lowest BCUT2D eigenvalue weighted by atomic mass is 9.90. The summed E-state index contributed by atoms with van der Waals surface area (Å²) in [4.78, 5) is 28.9. The fourth-order valence-electron chi connectivity index (χ4n) is 4.39. The van der Waals surface area contributed by atoms with Gasteiger partial charge in [-0.15, -0.1) is 0 Å². The summed E-state index contributed by atoms with van der Waals surface area (Å²) in [7, 11) is 0. The number of carbonyl (C=O) groups is 2. The van der Waals surface area contributed by atoms with Crippen LogP contribution < -0.4 is 10.6 Å². The molecule has 0 saturated carbocycles. The van der Waals surface area contributed by atoms with Crippen molar-refractivity contribution in [2.75, 3.05) is 25.0 Å². The zero-order valence-electron chi connectivity index (χ0n) is 17.9. The maximum atomic E-state index is 12.9. The highest BCUT2D eigenvalue weighted by molar-refractivity contribution is 6.07. The number of nitrogens with one attached hydrogen (secondary N) is 3. The van der Waals surface area contributed by atoms with E-state index in [1.54, 1.807) is 4.90 Å². The third-order valence-electron chi connectivity index (χ3n) is 5.93. The standard InChI is InChI=1S/C22H33N5O2/c1-15(2)13-22(4)19(28)27(20(23)25-22)14-17-9-11-26(12-10-17)21(29)24-18-8-6-5-7-16(18)3/h5-8,15,17H,9-14H2,1-4H3,(H2,23,25)(H,24,29). The normalized spacial score (nSPS) is 22.9. The number of anilines is 1. The van der Waals surface area contributed by atoms with Gasteiger partial charge in [0, 0.05) is 25.3 Å². The van der Waals surface area contributed by atoms with Crippen LogP contribution >= 0.6 is 0 Å². The predicted octanol–water partition coefficient (Wildman–Crippen LogP) is 3.41. The minimum absolute atomic E-state index is 0.00377. The van der Waals surface area contributed by atoms with Crippen LogP contribution in [0.1, 0.15) is 45.6 Å². The number of nitrogens with zero attached hydrogens (tertiary/aromatic N) is 2. The van der Waals surface area contributed by atoms with Gasteiger partial charge in [0.15, 0.2) is 5.96 Å². The zero-order chi connectivity index (χ0) is 21.2. The fourth-order valence-corrected chi connectivity index (χ4v) is 4.39. The number of carbonyl (C=O) groups excluding carboxylic acids is 2. The lowest BCUT2D eigenvalue weighted by molar-refractivity contribution is -0.131. The minimum atomic E-state index is -0.681. The van der Waals surface area contributed by atoms with Crippen LogP contribution in [-0.2, 0) is 4.79 Å². The van der Waals surface area contributed by atoms with Crippen molar-refractivity contribution in [1.29, 1.82) is 5.41 Å². The van der Waals surface area contributed by atoms with E-state index in [2.05, 4.69) is 24.5 Å². The number of hydrogen-bond donors (Lipinski definition) is 3. The van der Waals surface area contributed by atoms with Gasteiger partial charge in [-0.2, -0.15) is 0 Å². The second-order valence-electron chi connectivity index (χ2n) is 8.99. The van der Waals surface area contributed by atoms with E-state index in [9.17, 15) is 9.59 Å². The third-order valence-corrected chi connectivity index (χ3v) is 5.93. The van der Waals surface area contributed by atoms with E-state index in [0.717, 1.165) is 24.1 Å². The van der Waals surface area contributed by atoms with Crippen LogP contribution in [0.5, 0.6) is 0 Å². The molecule has 3 N–H and O–H groups in total. The molecule has 158 valence electrons. The van der Waals surface area contributed by atoms with Gasteiger partial charge in [-0.1, -0.05) is 32.0 Å². The van der Waals surface area contributed by atoms with Crippen molar-refractivity contribution in [3.8, 4) is 0 Å². The molecule has 0 radical (unpaired) electrons. The van der Waals surface area contributed by atoms with Gasteiger partial charge in [0.2, 0.25) is 0 Å². The molecule has 0 aliphatic carbocycles. The van der Waals surface area contributed by atoms with Crippen molar-refractivity contribution in [3.63, 3.8) is 0 Å². The van der Waals surface area contributed by atoms with Crippen molar-refractivity contribution >= 4 is 23.6 Å². The summed E-state index contributed by atoms with van der Waals surface area (Å²) in [5.74, 6) is 0.873. The molecule has 0 aromatic heterocycles. The number of rotatable bonds is 5. The van der Waals surface area contributed by atoms with E-state index in [0.29, 0.717) is 37.9 Å². The number of piperidine rings is 1. The van der Waals surface area contributed by atoms with Gasteiger partial charge in [0.25, 0.3) is 5.91 Å². The minimum Gasteiger partial charge on any atom is -0.342 e. The van der Waals surface area contributed by atoms with Crippen LogP contribution in [0, 0.1) is 24.2 Å². The second-order valence-corrected chi connectivity index (χ2v) is 8.99. The SMILES string of the molecule is Cc1ccccc1NC(=O)N1CCC(CN2C(=N)NC(C)(CC(C)C)C2=O)CC1. The topological polar surface area (TPSA) is 88.5 Å². The molecule has 29 heavy (non-hydrogen) atoms. The lowest BCUT2D eigenvalue weighted by Gasteiger charge is -2.34. The fraction of sp³-hybridized carbons (Fsp3) is 0.591. The first-order valence-electron chi connectivity index (χ1n) is 10.5. The van der Waals surface area contributed by atoms with Crippen molar-refractivity contribution in [2.45, 2.75) is 52.5 Å². The molecule has 1 atom stereocenters. The maximum Gasteiger partial charge on any atom is 0.321 e. The predicted molar refractivity (Wildman–Crippen MR) is 115 cm³/mol. The summed E-state index contributed by atoms with van der Waals surface area (Å²) in [6.07, 6.45) is 2.38. The maximum absolute atomic E-state index is 12.9. The highest BCUT2D eigenvalue weighted by atomic mass is 16.2. The molecule has 2 saturated heterocycles. The third kappa shape index (κ3) is 4.71. The monoisotopic (exact) mass is 399 g/mol. The van der Waals surface area contributed by atoms with Crippen molar-refractivity contribution in [1.82, 2.24) is 15.1 Å². The highest BCUT2D eigenvalue weighted by Crippen LogP contribution is 2.27. The molecule has 2 aliphatic heterocycles. The number of para-hydroxylation sites is 1. The smallest absolute Gasteiger partial charge is 0.321 e. The molecule has 7 heteroatoms. The van der Waals surface area contributed by atoms with Gasteiger partial charge in [-0.3, -0.25) is 15.1 Å². The van der Waals surface area contributed by atoms with Crippen LogP contribution in [-0.4, -0.2) is 52.9 Å². The Labute approximate surface area is 173 Å². The van der Waals surface area contributed by atoms with Gasteiger partial charge >= 0.3 is 6.03 Å². The summed E-state index contributed by atoms with van der Waals surface area (Å²) >= 11 is 0. The van der Waals surface area contributed by atoms with E-state index in [4.69, 9.17) is 5.41 Å². The van der Waals surface area contributed by atoms with Crippen molar-refractivity contribution < 1.29 is 9.59 Å². The Hall–Kier alpha value is -2.57. The lowest BCUT2D eigenvalue weighted by Crippen LogP contribution is -2.46. The number of urea groups is 1. The van der Waals surface area contributed by atoms with Gasteiger partial charge in [-0.05, 0) is 56.6 Å². The first-order valence-corrected chi connectivity index (χ1v) is 10.5. The van der Waals surface area contributed by atoms with E-state index in [1.165, 1.54) is 0 Å². The van der Waals surface area contributed by atoms with Crippen LogP contribution in [0.4, 0.5) is 10.5 Å². The summed E-state index contributed by atoms with van der Waals surface area (Å²) in [6, 6.07) is 7.68. The van der Waals surface area contributed by atoms with Crippen molar-refractivity contribution in [2.24, 2.45) is 11.8 Å². The molecule has 2 fully saturated rings. The first-order chi connectivity index (χ1) is 13.7. The molecule has 1 aromatic rings. The number of amides is 3. The number of aryl methyl sites for hydroxylation is 1. The number of benzene rings is 1. The van der Waals surface area contributed by atoms with Crippen LogP contribution in [0.2, 0.25) is 0 Å². The van der Waals surface area contributed by atoms with E-state index < -0.39 is 5.54 Å². The molecule has 2 heterocycles. The Balaban J connectivity index is 1.52. The molecule has 0 bridgehead atoms. The Morgan fingerprint density at radius 1 is 1.31 bits per heavy atom. The first kappa shape index (κ1) is 21.1. The van der Waals surface area contributed by atoms with Gasteiger partial charge in [-0.25, -0.2) is 4.79 Å². The van der Waals surface area contributed by atoms with E-state index in [1.807, 2.05) is 43.0 Å². The molecule has 7 nitrogen and oxygen atoms in total. The average molecular weight is 400 g/mol. The van der Waals surface area contributed by atoms with Gasteiger partial charge in [0.1, 0.15) is 5.54 Å². The number of guanidine groups is 1. The molecule has 2 aliphatic rings. The van der Waals surface area contributed by atoms with Gasteiger partial charge < -0.3 is 15.5 Å². The Bertz CT molecular complexity index is 785. The summed E-state index contributed by atoms with van der Waals surface area (Å²) in [5, 5.41) is 14.3. The van der Waals surface area contributed by atoms with Crippen molar-refractivity contribution in [3.05, 3.63) is 29.8 Å². The summed E-state index contributed by atoms with van der Waals surface area (Å²) in [6.45, 7) is 9.91. The van der Waals surface area contributed by atoms with Gasteiger partial charge in [0.05, 0.1) is 0 Å². The van der Waals surface area contributed by atoms with Crippen LogP contribution in [0.25, 0.3) is 0 Å². The van der Waals surface area contributed by atoms with Crippen LogP contribution in [0.3, 0.4) is 0 Å². The largest absolute Gasteiger partial charge is 0.342 e. The molecular formula is C22H33N5O2. The molecular weight excluding hydrogens is 366 g/mol. The van der Waals surface area contributed by atoms with E-state index in [-0.39, 0.29) is 17.9 Å². The quantitative estimate of drug-likeness (QED) is 0.709. The summed E-state index contributed by atoms with van der Waals surface area (Å²) in [5.41, 5.74) is 1.20. The van der Waals surface area contributed by atoms with Crippen LogP contribution in [0.15, 0.2) is 24.3 Å².